The standard InChI is InChI=1S/C20H12O11S2.C6H7NO4/c21-13-7-5-11-15(9-3-1-2-4-10(9)20(23)24)12-6-8-14(22)19(33(28,29)30)17(12)31-16(11)18(13)32(25,26)27;1-4(8)11-7-5(9)2-3-6(7)10/h1-8,21H,(H,23,24)(H,25,26,27)(H,28,29,30);2-3H2,1H3/p-1. The van der Waals surface area contributed by atoms with Crippen molar-refractivity contribution in [1.82, 2.24) is 5.06 Å². The predicted octanol–water partition coefficient (Wildman–Crippen LogP) is 1.44. The zero-order valence-corrected chi connectivity index (χ0v) is 23.7. The molecular weight excluding hydrogens is 630 g/mol. The Labute approximate surface area is 246 Å². The molecule has 18 heteroatoms. The summed E-state index contributed by atoms with van der Waals surface area (Å²) >= 11 is 0. The van der Waals surface area contributed by atoms with Crippen LogP contribution in [0.4, 0.5) is 0 Å². The van der Waals surface area contributed by atoms with Crippen LogP contribution in [0.25, 0.3) is 33.4 Å². The number of amides is 2. The topological polar surface area (TPSA) is 263 Å². The third-order valence-electron chi connectivity index (χ3n) is 6.06. The maximum Gasteiger partial charge on any atom is 0.336 e. The molecule has 1 saturated heterocycles. The van der Waals surface area contributed by atoms with Crippen LogP contribution < -0.4 is 10.5 Å². The van der Waals surface area contributed by atoms with Crippen LogP contribution in [0.2, 0.25) is 0 Å². The number of carbonyl (C=O) groups excluding carboxylic acids is 3. The van der Waals surface area contributed by atoms with Crippen LogP contribution in [0.15, 0.2) is 67.5 Å². The van der Waals surface area contributed by atoms with Crippen LogP contribution >= 0.6 is 0 Å². The van der Waals surface area contributed by atoms with Crippen LogP contribution in [0.5, 0.6) is 5.75 Å². The van der Waals surface area contributed by atoms with E-state index >= 15 is 0 Å². The van der Waals surface area contributed by atoms with Crippen LogP contribution in [0, 0.1) is 0 Å². The molecule has 0 radical (unpaired) electrons. The van der Waals surface area contributed by atoms with Crippen LogP contribution in [0.3, 0.4) is 0 Å². The lowest BCUT2D eigenvalue weighted by Gasteiger charge is -2.21. The van der Waals surface area contributed by atoms with Crippen molar-refractivity contribution in [3.63, 3.8) is 0 Å². The monoisotopic (exact) mass is 648 g/mol. The molecule has 1 fully saturated rings. The van der Waals surface area contributed by atoms with E-state index in [2.05, 4.69) is 4.84 Å². The van der Waals surface area contributed by atoms with Gasteiger partial charge < -0.3 is 19.5 Å². The number of benzene rings is 3. The Morgan fingerprint density at radius 1 is 0.864 bits per heavy atom. The first-order valence-electron chi connectivity index (χ1n) is 12.0. The molecule has 2 amide bonds. The molecule has 3 aliphatic rings. The van der Waals surface area contributed by atoms with E-state index in [1.807, 2.05) is 0 Å². The Bertz CT molecular complexity index is 2120. The number of hydrogen-bond acceptors (Lipinski definition) is 12. The van der Waals surface area contributed by atoms with Gasteiger partial charge in [0.2, 0.25) is 5.43 Å². The molecule has 2 heterocycles. The Balaban J connectivity index is 0.000000339. The first-order valence-corrected chi connectivity index (χ1v) is 14.9. The number of hydroxylamine groups is 2. The number of imide groups is 1. The average molecular weight is 649 g/mol. The lowest BCUT2D eigenvalue weighted by atomic mass is 9.91. The van der Waals surface area contributed by atoms with Gasteiger partial charge in [0.05, 0.1) is 5.56 Å². The molecule has 0 aromatic heterocycles. The van der Waals surface area contributed by atoms with Crippen LogP contribution in [-0.4, -0.2) is 59.9 Å². The van der Waals surface area contributed by atoms with Crippen molar-refractivity contribution >= 4 is 55.0 Å². The molecule has 44 heavy (non-hydrogen) atoms. The number of aromatic carboxylic acids is 1. The van der Waals surface area contributed by atoms with Gasteiger partial charge in [-0.3, -0.25) is 23.5 Å². The summed E-state index contributed by atoms with van der Waals surface area (Å²) in [5.74, 6) is -5.00. The van der Waals surface area contributed by atoms with E-state index < -0.39 is 76.3 Å². The normalized spacial score (nSPS) is 13.6. The summed E-state index contributed by atoms with van der Waals surface area (Å²) in [7, 11) is -10.5. The van der Waals surface area contributed by atoms with Gasteiger partial charge in [0, 0.05) is 36.3 Å². The second-order valence-corrected chi connectivity index (χ2v) is 11.7. The zero-order chi connectivity index (χ0) is 32.7. The Morgan fingerprint density at radius 3 is 2.00 bits per heavy atom. The number of rotatable bonds is 5. The number of carboxylic acids is 1. The molecule has 230 valence electrons. The molecular formula is C26H18NO15S2-. The number of nitrogens with zero attached hydrogens (tertiary/aromatic N) is 1. The highest BCUT2D eigenvalue weighted by Gasteiger charge is 2.33. The molecule has 3 N–H and O–H groups in total. The van der Waals surface area contributed by atoms with E-state index in [4.69, 9.17) is 4.42 Å². The Kier molecular flexibility index (Phi) is 8.29. The van der Waals surface area contributed by atoms with Gasteiger partial charge in [-0.2, -0.15) is 16.8 Å². The third-order valence-corrected chi connectivity index (χ3v) is 7.87. The zero-order valence-electron chi connectivity index (χ0n) is 22.0. The minimum absolute atomic E-state index is 0.0457. The molecule has 2 aliphatic heterocycles. The molecule has 0 unspecified atom stereocenters. The summed E-state index contributed by atoms with van der Waals surface area (Å²) in [4.78, 5) is 57.7. The quantitative estimate of drug-likeness (QED) is 0.157. The van der Waals surface area contributed by atoms with Gasteiger partial charge in [-0.15, -0.1) is 5.06 Å². The Morgan fingerprint density at radius 2 is 1.45 bits per heavy atom. The molecule has 0 saturated carbocycles. The summed E-state index contributed by atoms with van der Waals surface area (Å²) < 4.78 is 72.4. The number of fused-ring (bicyclic) bond motifs is 2. The van der Waals surface area contributed by atoms with Crippen LogP contribution in [0.1, 0.15) is 30.1 Å². The highest BCUT2D eigenvalue weighted by atomic mass is 32.2. The van der Waals surface area contributed by atoms with Crippen molar-refractivity contribution < 1.29 is 64.6 Å². The largest absolute Gasteiger partial charge is 0.871 e. The highest BCUT2D eigenvalue weighted by Crippen LogP contribution is 2.45. The molecule has 5 rings (SSSR count). The van der Waals surface area contributed by atoms with E-state index in [-0.39, 0.29) is 40.5 Å². The minimum atomic E-state index is -5.23. The lowest BCUT2D eigenvalue weighted by molar-refractivity contribution is -0.272. The van der Waals surface area contributed by atoms with Crippen LogP contribution in [-0.2, 0) is 39.5 Å². The SMILES string of the molecule is CC(=O)ON1C(=O)CCC1=O.O=C(O)c1ccccc1-c1c2ccc(=O)c(S(=O)(=O)O)c-2oc2c(S(=O)(=O)O)c([O-])ccc12. The summed E-state index contributed by atoms with van der Waals surface area (Å²) in [5, 5.41) is 22.2. The molecule has 2 aromatic carbocycles. The molecule has 16 nitrogen and oxygen atoms in total. The summed E-state index contributed by atoms with van der Waals surface area (Å²) in [6.45, 7) is 1.14. The molecule has 1 aliphatic carbocycles. The first-order chi connectivity index (χ1) is 20.4. The molecule has 0 bridgehead atoms. The van der Waals surface area contributed by atoms with Crippen molar-refractivity contribution in [2.75, 3.05) is 0 Å². The highest BCUT2D eigenvalue weighted by molar-refractivity contribution is 7.86. The fourth-order valence-corrected chi connectivity index (χ4v) is 5.80. The smallest absolute Gasteiger partial charge is 0.336 e. The predicted molar refractivity (Wildman–Crippen MR) is 143 cm³/mol. The minimum Gasteiger partial charge on any atom is -0.871 e. The molecule has 2 aromatic rings. The second kappa shape index (κ2) is 11.5. The summed E-state index contributed by atoms with van der Waals surface area (Å²) in [5.41, 5.74) is -2.66. The number of hydrogen-bond donors (Lipinski definition) is 3. The third kappa shape index (κ3) is 5.99. The van der Waals surface area contributed by atoms with Crippen molar-refractivity contribution in [3.8, 4) is 28.2 Å². The fourth-order valence-electron chi connectivity index (χ4n) is 4.39. The second-order valence-electron chi connectivity index (χ2n) is 8.98. The van der Waals surface area contributed by atoms with Gasteiger partial charge in [0.15, 0.2) is 16.2 Å². The first kappa shape index (κ1) is 31.8. The maximum atomic E-state index is 12.3. The number of carbonyl (C=O) groups is 4. The van der Waals surface area contributed by atoms with Gasteiger partial charge >= 0.3 is 22.1 Å². The summed E-state index contributed by atoms with van der Waals surface area (Å²) in [6.07, 6.45) is 0.262. The van der Waals surface area contributed by atoms with Gasteiger partial charge in [-0.05, 0) is 23.8 Å². The van der Waals surface area contributed by atoms with Crippen molar-refractivity contribution in [2.45, 2.75) is 29.6 Å². The van der Waals surface area contributed by atoms with Gasteiger partial charge in [0.25, 0.3) is 21.9 Å². The van der Waals surface area contributed by atoms with Gasteiger partial charge in [0.1, 0.15) is 4.90 Å². The van der Waals surface area contributed by atoms with Crippen molar-refractivity contribution in [2.24, 2.45) is 0 Å². The lowest BCUT2D eigenvalue weighted by Crippen LogP contribution is -2.30. The molecule has 0 spiro atoms. The average Bonchev–Trinajstić information content (AvgIpc) is 3.22. The van der Waals surface area contributed by atoms with E-state index in [1.54, 1.807) is 0 Å². The van der Waals surface area contributed by atoms with E-state index in [9.17, 15) is 60.1 Å². The van der Waals surface area contributed by atoms with Gasteiger partial charge in [-0.1, -0.05) is 36.1 Å². The van der Waals surface area contributed by atoms with Crippen molar-refractivity contribution in [1.29, 1.82) is 0 Å². The fraction of sp³-hybridized carbons (Fsp3) is 0.115. The Hall–Kier alpha value is -5.17. The molecule has 0 atom stereocenters. The van der Waals surface area contributed by atoms with Gasteiger partial charge in [-0.25, -0.2) is 9.59 Å². The van der Waals surface area contributed by atoms with Crippen molar-refractivity contribution in [3.05, 3.63) is 64.3 Å². The van der Waals surface area contributed by atoms with E-state index in [0.29, 0.717) is 5.06 Å². The maximum absolute atomic E-state index is 12.3. The summed E-state index contributed by atoms with van der Waals surface area (Å²) in [6, 6.07) is 9.19. The van der Waals surface area contributed by atoms with E-state index in [1.165, 1.54) is 24.3 Å². The number of carboxylic acid groups (broad SMARTS) is 1. The van der Waals surface area contributed by atoms with E-state index in [0.717, 1.165) is 31.2 Å².